The number of hydrogen-bond acceptors (Lipinski definition) is 6. The molecule has 0 bridgehead atoms. The maximum absolute atomic E-state index is 13.7. The van der Waals surface area contributed by atoms with Gasteiger partial charge in [0.2, 0.25) is 28.6 Å². The number of fused-ring (bicyclic) bond motifs is 1. The largest absolute Gasteiger partial charge is 0.454 e. The number of halogens is 1. The van der Waals surface area contributed by atoms with Gasteiger partial charge in [0.25, 0.3) is 0 Å². The first-order chi connectivity index (χ1) is 18.6. The summed E-state index contributed by atoms with van der Waals surface area (Å²) in [6.07, 6.45) is 1.19. The zero-order valence-corrected chi connectivity index (χ0v) is 22.5. The standard InChI is InChI=1S/C28H30FN3O6S/c1-31(39(2,35)36)18-27(33)32(17-21-8-11-23(29)12-9-21)24(14-20-6-4-3-5-7-20)28(34)30-16-22-10-13-25-26(15-22)38-19-37-25/h3-13,15,24H,14,16-19H2,1-2H3,(H,30,34)/t24-/m0/s1. The highest BCUT2D eigenvalue weighted by Crippen LogP contribution is 2.32. The molecule has 1 heterocycles. The molecule has 1 N–H and O–H groups in total. The quantitative estimate of drug-likeness (QED) is 0.390. The van der Waals surface area contributed by atoms with Crippen molar-refractivity contribution in [3.63, 3.8) is 0 Å². The summed E-state index contributed by atoms with van der Waals surface area (Å²) >= 11 is 0. The summed E-state index contributed by atoms with van der Waals surface area (Å²) in [5.41, 5.74) is 2.18. The van der Waals surface area contributed by atoms with Gasteiger partial charge in [0.15, 0.2) is 11.5 Å². The number of hydrogen-bond donors (Lipinski definition) is 1. The van der Waals surface area contributed by atoms with E-state index >= 15 is 0 Å². The minimum Gasteiger partial charge on any atom is -0.454 e. The highest BCUT2D eigenvalue weighted by atomic mass is 32.2. The Hall–Kier alpha value is -3.96. The summed E-state index contributed by atoms with van der Waals surface area (Å²) in [6.45, 7) is -0.179. The molecule has 11 heteroatoms. The van der Waals surface area contributed by atoms with Crippen molar-refractivity contribution in [1.29, 1.82) is 0 Å². The predicted molar refractivity (Wildman–Crippen MR) is 143 cm³/mol. The number of benzene rings is 3. The minimum absolute atomic E-state index is 0.0222. The van der Waals surface area contributed by atoms with Crippen molar-refractivity contribution in [3.05, 3.63) is 95.3 Å². The summed E-state index contributed by atoms with van der Waals surface area (Å²) < 4.78 is 49.3. The van der Waals surface area contributed by atoms with Gasteiger partial charge in [-0.05, 0) is 41.0 Å². The van der Waals surface area contributed by atoms with E-state index in [1.54, 1.807) is 12.1 Å². The second-order valence-electron chi connectivity index (χ2n) is 9.28. The number of nitrogens with zero attached hydrogens (tertiary/aromatic N) is 2. The molecule has 3 aromatic rings. The number of rotatable bonds is 11. The average molecular weight is 556 g/mol. The number of carbonyl (C=O) groups excluding carboxylic acids is 2. The van der Waals surface area contributed by atoms with Gasteiger partial charge in [0.05, 0.1) is 12.8 Å². The summed E-state index contributed by atoms with van der Waals surface area (Å²) in [7, 11) is -2.35. The molecule has 0 radical (unpaired) electrons. The SMILES string of the molecule is CN(CC(=O)N(Cc1ccc(F)cc1)[C@@H](Cc1ccccc1)C(=O)NCc1ccc2c(c1)OCO2)S(C)(=O)=O. The van der Waals surface area contributed by atoms with Gasteiger partial charge in [0, 0.05) is 26.6 Å². The van der Waals surface area contributed by atoms with Gasteiger partial charge >= 0.3 is 0 Å². The van der Waals surface area contributed by atoms with Gasteiger partial charge in [-0.2, -0.15) is 4.31 Å². The maximum Gasteiger partial charge on any atom is 0.243 e. The normalized spacial score (nSPS) is 13.2. The van der Waals surface area contributed by atoms with Crippen LogP contribution in [0.2, 0.25) is 0 Å². The van der Waals surface area contributed by atoms with Gasteiger partial charge in [-0.15, -0.1) is 0 Å². The van der Waals surface area contributed by atoms with Crippen LogP contribution in [0.4, 0.5) is 4.39 Å². The van der Waals surface area contributed by atoms with E-state index in [9.17, 15) is 22.4 Å². The molecule has 0 unspecified atom stereocenters. The topological polar surface area (TPSA) is 105 Å². The highest BCUT2D eigenvalue weighted by Gasteiger charge is 2.32. The molecule has 206 valence electrons. The average Bonchev–Trinajstić information content (AvgIpc) is 3.38. The second kappa shape index (κ2) is 12.3. The third kappa shape index (κ3) is 7.55. The van der Waals surface area contributed by atoms with Crippen molar-refractivity contribution in [2.75, 3.05) is 26.6 Å². The zero-order chi connectivity index (χ0) is 28.0. The van der Waals surface area contributed by atoms with E-state index in [1.165, 1.54) is 36.2 Å². The van der Waals surface area contributed by atoms with Crippen LogP contribution in [0.3, 0.4) is 0 Å². The molecule has 0 aliphatic carbocycles. The second-order valence-corrected chi connectivity index (χ2v) is 11.4. The van der Waals surface area contributed by atoms with Crippen LogP contribution in [0.5, 0.6) is 11.5 Å². The van der Waals surface area contributed by atoms with E-state index in [0.29, 0.717) is 17.1 Å². The van der Waals surface area contributed by atoms with Crippen molar-refractivity contribution in [2.45, 2.75) is 25.6 Å². The molecular weight excluding hydrogens is 525 g/mol. The monoisotopic (exact) mass is 555 g/mol. The summed E-state index contributed by atoms with van der Waals surface area (Å²) in [6, 6.07) is 19.2. The Labute approximate surface area is 227 Å². The molecule has 1 atom stereocenters. The molecule has 2 amide bonds. The first-order valence-electron chi connectivity index (χ1n) is 12.3. The van der Waals surface area contributed by atoms with E-state index in [0.717, 1.165) is 21.7 Å². The van der Waals surface area contributed by atoms with E-state index < -0.39 is 40.2 Å². The molecule has 0 saturated carbocycles. The van der Waals surface area contributed by atoms with Crippen LogP contribution in [0.25, 0.3) is 0 Å². The molecule has 0 spiro atoms. The molecular formula is C28H30FN3O6S. The maximum atomic E-state index is 13.7. The number of nitrogens with one attached hydrogen (secondary N) is 1. The van der Waals surface area contributed by atoms with Gasteiger partial charge in [-0.3, -0.25) is 9.59 Å². The van der Waals surface area contributed by atoms with Crippen molar-refractivity contribution in [2.24, 2.45) is 0 Å². The zero-order valence-electron chi connectivity index (χ0n) is 21.7. The Balaban J connectivity index is 1.62. The summed E-state index contributed by atoms with van der Waals surface area (Å²) in [5, 5.41) is 2.90. The van der Waals surface area contributed by atoms with E-state index in [1.807, 2.05) is 36.4 Å². The van der Waals surface area contributed by atoms with Gasteiger partial charge < -0.3 is 19.7 Å². The number of likely N-dealkylation sites (N-methyl/N-ethyl adjacent to an activating group) is 1. The van der Waals surface area contributed by atoms with Gasteiger partial charge in [0.1, 0.15) is 11.9 Å². The minimum atomic E-state index is -3.65. The molecule has 9 nitrogen and oxygen atoms in total. The van der Waals surface area contributed by atoms with Crippen LogP contribution in [0, 0.1) is 5.82 Å². The van der Waals surface area contributed by atoms with Crippen LogP contribution >= 0.6 is 0 Å². The first-order valence-corrected chi connectivity index (χ1v) is 14.1. The van der Waals surface area contributed by atoms with Gasteiger partial charge in [-0.25, -0.2) is 12.8 Å². The van der Waals surface area contributed by atoms with Crippen LogP contribution in [-0.2, 0) is 39.1 Å². The van der Waals surface area contributed by atoms with Crippen LogP contribution < -0.4 is 14.8 Å². The third-order valence-electron chi connectivity index (χ3n) is 6.37. The summed E-state index contributed by atoms with van der Waals surface area (Å²) in [5.74, 6) is -0.214. The molecule has 0 fully saturated rings. The Morgan fingerprint density at radius 2 is 1.62 bits per heavy atom. The summed E-state index contributed by atoms with van der Waals surface area (Å²) in [4.78, 5) is 28.6. The number of sulfonamides is 1. The number of amides is 2. The molecule has 3 aromatic carbocycles. The lowest BCUT2D eigenvalue weighted by Crippen LogP contribution is -2.52. The van der Waals surface area contributed by atoms with Crippen LogP contribution in [0.15, 0.2) is 72.8 Å². The van der Waals surface area contributed by atoms with Crippen molar-refractivity contribution < 1.29 is 31.9 Å². The van der Waals surface area contributed by atoms with E-state index in [-0.39, 0.29) is 26.3 Å². The highest BCUT2D eigenvalue weighted by molar-refractivity contribution is 7.88. The molecule has 0 aromatic heterocycles. The molecule has 1 aliphatic rings. The Bertz CT molecular complexity index is 1420. The Morgan fingerprint density at radius 1 is 0.949 bits per heavy atom. The molecule has 0 saturated heterocycles. The van der Waals surface area contributed by atoms with Crippen molar-refractivity contribution >= 4 is 21.8 Å². The fraction of sp³-hybridized carbons (Fsp3) is 0.286. The van der Waals surface area contributed by atoms with Crippen molar-refractivity contribution in [3.8, 4) is 11.5 Å². The first kappa shape index (κ1) is 28.1. The number of ether oxygens (including phenoxy) is 2. The molecule has 39 heavy (non-hydrogen) atoms. The smallest absolute Gasteiger partial charge is 0.243 e. The Kier molecular flexibility index (Phi) is 8.82. The number of carbonyl (C=O) groups is 2. The Morgan fingerprint density at radius 3 is 2.31 bits per heavy atom. The predicted octanol–water partition coefficient (Wildman–Crippen LogP) is 2.70. The lowest BCUT2D eigenvalue weighted by atomic mass is 10.0. The fourth-order valence-corrected chi connectivity index (χ4v) is 4.44. The van der Waals surface area contributed by atoms with Crippen LogP contribution in [-0.4, -0.2) is 62.1 Å². The van der Waals surface area contributed by atoms with Crippen LogP contribution in [0.1, 0.15) is 16.7 Å². The lowest BCUT2D eigenvalue weighted by Gasteiger charge is -2.32. The van der Waals surface area contributed by atoms with Gasteiger partial charge in [-0.1, -0.05) is 48.5 Å². The van der Waals surface area contributed by atoms with E-state index in [2.05, 4.69) is 5.32 Å². The third-order valence-corrected chi connectivity index (χ3v) is 7.63. The molecule has 4 rings (SSSR count). The fourth-order valence-electron chi connectivity index (χ4n) is 4.10. The van der Waals surface area contributed by atoms with Crippen molar-refractivity contribution in [1.82, 2.24) is 14.5 Å². The lowest BCUT2D eigenvalue weighted by molar-refractivity contribution is -0.141. The van der Waals surface area contributed by atoms with E-state index in [4.69, 9.17) is 9.47 Å². The molecule has 1 aliphatic heterocycles.